The van der Waals surface area contributed by atoms with Gasteiger partial charge in [-0.3, -0.25) is 0 Å². The molecule has 1 heterocycles. The Labute approximate surface area is 128 Å². The number of benzene rings is 3. The van der Waals surface area contributed by atoms with E-state index in [9.17, 15) is 0 Å². The van der Waals surface area contributed by atoms with E-state index in [0.717, 1.165) is 0 Å². The third-order valence-corrected chi connectivity index (χ3v) is 4.74. The van der Waals surface area contributed by atoms with Crippen LogP contribution in [0.4, 0.5) is 0 Å². The fraction of sp³-hybridized carbons (Fsp3) is 0. The maximum atomic E-state index is 2.25. The summed E-state index contributed by atoms with van der Waals surface area (Å²) in [7, 11) is 0. The van der Waals surface area contributed by atoms with Crippen molar-refractivity contribution in [1.82, 2.24) is 0 Å². The standard InChI is InChI=1S/C20H14S/c1-2-6-17-13-15(9-11-16(17)5-1)10-12-19-14-18-7-3-4-8-20(18)21-19/h1-14H/b12-10-. The van der Waals surface area contributed by atoms with E-state index in [2.05, 4.69) is 84.9 Å². The van der Waals surface area contributed by atoms with Gasteiger partial charge in [0.25, 0.3) is 0 Å². The first-order chi connectivity index (χ1) is 10.4. The minimum absolute atomic E-state index is 1.24. The van der Waals surface area contributed by atoms with Gasteiger partial charge in [0, 0.05) is 9.58 Å². The molecule has 0 amide bonds. The molecule has 0 atom stereocenters. The van der Waals surface area contributed by atoms with Gasteiger partial charge >= 0.3 is 0 Å². The smallest absolute Gasteiger partial charge is 0.0349 e. The van der Waals surface area contributed by atoms with Gasteiger partial charge in [-0.25, -0.2) is 0 Å². The average Bonchev–Trinajstić information content (AvgIpc) is 2.95. The lowest BCUT2D eigenvalue weighted by molar-refractivity contribution is 1.71. The van der Waals surface area contributed by atoms with Crippen LogP contribution in [-0.4, -0.2) is 0 Å². The van der Waals surface area contributed by atoms with E-state index in [0.29, 0.717) is 0 Å². The predicted octanol–water partition coefficient (Wildman–Crippen LogP) is 6.22. The lowest BCUT2D eigenvalue weighted by atomic mass is 10.1. The van der Waals surface area contributed by atoms with E-state index in [1.165, 1.54) is 31.3 Å². The van der Waals surface area contributed by atoms with Crippen molar-refractivity contribution < 1.29 is 0 Å². The molecule has 4 rings (SSSR count). The molecule has 0 saturated heterocycles. The van der Waals surface area contributed by atoms with Crippen molar-refractivity contribution >= 4 is 44.3 Å². The summed E-state index contributed by atoms with van der Waals surface area (Å²) in [6.07, 6.45) is 4.39. The largest absolute Gasteiger partial charge is 0.136 e. The normalized spacial score (nSPS) is 11.6. The zero-order valence-corrected chi connectivity index (χ0v) is 12.3. The quantitative estimate of drug-likeness (QED) is 0.410. The molecule has 0 N–H and O–H groups in total. The Balaban J connectivity index is 1.69. The van der Waals surface area contributed by atoms with Crippen LogP contribution in [0.25, 0.3) is 33.0 Å². The SMILES string of the molecule is C(=C/c1cc2ccccc2s1)/c1ccc2ccccc2c1. The Morgan fingerprint density at radius 1 is 0.619 bits per heavy atom. The van der Waals surface area contributed by atoms with Crippen LogP contribution in [-0.2, 0) is 0 Å². The van der Waals surface area contributed by atoms with E-state index in [4.69, 9.17) is 0 Å². The minimum atomic E-state index is 1.24. The van der Waals surface area contributed by atoms with E-state index in [1.54, 1.807) is 0 Å². The molecule has 0 fully saturated rings. The lowest BCUT2D eigenvalue weighted by Gasteiger charge is -1.98. The molecule has 0 unspecified atom stereocenters. The van der Waals surface area contributed by atoms with Crippen molar-refractivity contribution in [2.45, 2.75) is 0 Å². The highest BCUT2D eigenvalue weighted by atomic mass is 32.1. The molecule has 21 heavy (non-hydrogen) atoms. The second kappa shape index (κ2) is 5.19. The van der Waals surface area contributed by atoms with Crippen molar-refractivity contribution in [3.63, 3.8) is 0 Å². The molecule has 1 heteroatoms. The van der Waals surface area contributed by atoms with Gasteiger partial charge in [0.15, 0.2) is 0 Å². The third-order valence-electron chi connectivity index (χ3n) is 3.66. The summed E-state index contributed by atoms with van der Waals surface area (Å²) >= 11 is 1.83. The summed E-state index contributed by atoms with van der Waals surface area (Å²) in [5.41, 5.74) is 1.24. The van der Waals surface area contributed by atoms with Crippen LogP contribution in [0.5, 0.6) is 0 Å². The molecule has 4 aromatic rings. The van der Waals surface area contributed by atoms with Crippen molar-refractivity contribution in [3.8, 4) is 0 Å². The van der Waals surface area contributed by atoms with Gasteiger partial charge in [0.05, 0.1) is 0 Å². The molecule has 0 spiro atoms. The molecule has 0 aliphatic rings. The summed E-state index contributed by atoms with van der Waals surface area (Å²) in [6, 6.07) is 25.8. The number of thiophene rings is 1. The van der Waals surface area contributed by atoms with Gasteiger partial charge in [0.2, 0.25) is 0 Å². The molecule has 0 aliphatic heterocycles. The topological polar surface area (TPSA) is 0 Å². The van der Waals surface area contributed by atoms with Crippen molar-refractivity contribution in [1.29, 1.82) is 0 Å². The molecular weight excluding hydrogens is 272 g/mol. The molecule has 0 aliphatic carbocycles. The Morgan fingerprint density at radius 3 is 2.24 bits per heavy atom. The van der Waals surface area contributed by atoms with E-state index in [-0.39, 0.29) is 0 Å². The fourth-order valence-corrected chi connectivity index (χ4v) is 3.54. The van der Waals surface area contributed by atoms with Crippen LogP contribution < -0.4 is 0 Å². The average molecular weight is 286 g/mol. The zero-order chi connectivity index (χ0) is 14.1. The highest BCUT2D eigenvalue weighted by Crippen LogP contribution is 2.27. The first-order valence-corrected chi connectivity index (χ1v) is 7.86. The summed E-state index contributed by atoms with van der Waals surface area (Å²) in [4.78, 5) is 1.30. The van der Waals surface area contributed by atoms with E-state index in [1.807, 2.05) is 11.3 Å². The van der Waals surface area contributed by atoms with Crippen LogP contribution in [0.1, 0.15) is 10.4 Å². The minimum Gasteiger partial charge on any atom is -0.136 e. The Bertz CT molecular complexity index is 911. The molecule has 0 radical (unpaired) electrons. The third kappa shape index (κ3) is 2.48. The van der Waals surface area contributed by atoms with E-state index >= 15 is 0 Å². The van der Waals surface area contributed by atoms with Gasteiger partial charge in [-0.1, -0.05) is 60.7 Å². The molecule has 3 aromatic carbocycles. The maximum Gasteiger partial charge on any atom is 0.0349 e. The summed E-state index contributed by atoms with van der Waals surface area (Å²) in [6.45, 7) is 0. The summed E-state index contributed by atoms with van der Waals surface area (Å²) < 4.78 is 1.34. The molecular formula is C20H14S. The Hall–Kier alpha value is -2.38. The van der Waals surface area contributed by atoms with E-state index < -0.39 is 0 Å². The molecule has 100 valence electrons. The van der Waals surface area contributed by atoms with Gasteiger partial charge < -0.3 is 0 Å². The number of hydrogen-bond acceptors (Lipinski definition) is 1. The summed E-state index contributed by atoms with van der Waals surface area (Å²) in [5, 5.41) is 3.90. The van der Waals surface area contributed by atoms with Crippen LogP contribution in [0.3, 0.4) is 0 Å². The Morgan fingerprint density at radius 2 is 1.38 bits per heavy atom. The molecule has 1 aromatic heterocycles. The highest BCUT2D eigenvalue weighted by molar-refractivity contribution is 7.19. The maximum absolute atomic E-state index is 2.25. The van der Waals surface area contributed by atoms with Gasteiger partial charge in [-0.2, -0.15) is 0 Å². The van der Waals surface area contributed by atoms with Crippen LogP contribution in [0.2, 0.25) is 0 Å². The van der Waals surface area contributed by atoms with Crippen LogP contribution in [0, 0.1) is 0 Å². The molecule has 0 bridgehead atoms. The fourth-order valence-electron chi connectivity index (χ4n) is 2.57. The van der Waals surface area contributed by atoms with Gasteiger partial charge in [-0.15, -0.1) is 11.3 Å². The molecule has 0 saturated carbocycles. The number of fused-ring (bicyclic) bond motifs is 2. The van der Waals surface area contributed by atoms with Crippen LogP contribution >= 0.6 is 11.3 Å². The highest BCUT2D eigenvalue weighted by Gasteiger charge is 1.98. The molecule has 0 nitrogen and oxygen atoms in total. The van der Waals surface area contributed by atoms with Crippen molar-refractivity contribution in [2.24, 2.45) is 0 Å². The van der Waals surface area contributed by atoms with Crippen LogP contribution in [0.15, 0.2) is 72.8 Å². The van der Waals surface area contributed by atoms with Gasteiger partial charge in [-0.05, 0) is 46.0 Å². The lowest BCUT2D eigenvalue weighted by Crippen LogP contribution is -1.74. The first-order valence-electron chi connectivity index (χ1n) is 7.04. The second-order valence-corrected chi connectivity index (χ2v) is 6.24. The number of hydrogen-bond donors (Lipinski definition) is 0. The second-order valence-electron chi connectivity index (χ2n) is 5.13. The number of rotatable bonds is 2. The Kier molecular flexibility index (Phi) is 3.06. The predicted molar refractivity (Wildman–Crippen MR) is 94.7 cm³/mol. The van der Waals surface area contributed by atoms with Gasteiger partial charge in [0.1, 0.15) is 0 Å². The first kappa shape index (κ1) is 12.4. The van der Waals surface area contributed by atoms with Crippen molar-refractivity contribution in [3.05, 3.63) is 83.2 Å². The summed E-state index contributed by atoms with van der Waals surface area (Å²) in [5.74, 6) is 0. The monoisotopic (exact) mass is 286 g/mol. The van der Waals surface area contributed by atoms with Crippen molar-refractivity contribution in [2.75, 3.05) is 0 Å². The zero-order valence-electron chi connectivity index (χ0n) is 11.5.